The Morgan fingerprint density at radius 2 is 1.66 bits per heavy atom. The number of nitrogens with one attached hydrogen (secondary N) is 1. The summed E-state index contributed by atoms with van der Waals surface area (Å²) >= 11 is 0. The average molecular weight is 455 g/mol. The topological polar surface area (TPSA) is 95.9 Å². The van der Waals surface area contributed by atoms with Crippen molar-refractivity contribution in [1.82, 2.24) is 5.06 Å². The van der Waals surface area contributed by atoms with Crippen LogP contribution in [0.5, 0.6) is 5.75 Å². The highest BCUT2D eigenvalue weighted by molar-refractivity contribution is 7.92. The Kier molecular flexibility index (Phi) is 7.50. The van der Waals surface area contributed by atoms with Crippen LogP contribution in [0.15, 0.2) is 72.8 Å². The van der Waals surface area contributed by atoms with Gasteiger partial charge in [0.05, 0.1) is 12.3 Å². The van der Waals surface area contributed by atoms with Gasteiger partial charge in [-0.2, -0.15) is 0 Å². The van der Waals surface area contributed by atoms with Gasteiger partial charge in [0.25, 0.3) is 0 Å². The van der Waals surface area contributed by atoms with E-state index in [1.54, 1.807) is 24.3 Å². The molecule has 7 nitrogen and oxygen atoms in total. The number of hydrogen-bond donors (Lipinski definition) is 2. The maximum absolute atomic E-state index is 11.5. The molecule has 0 fully saturated rings. The van der Waals surface area contributed by atoms with E-state index in [9.17, 15) is 18.4 Å². The molecule has 32 heavy (non-hydrogen) atoms. The van der Waals surface area contributed by atoms with Crippen LogP contribution in [-0.2, 0) is 21.2 Å². The molecule has 3 aromatic rings. The fraction of sp³-hybridized carbons (Fsp3) is 0.208. The minimum Gasteiger partial charge on any atom is -0.491 e. The quantitative estimate of drug-likeness (QED) is 0.275. The SMILES string of the molecule is Cc1ccc(-c2ccc(OCC(Cc3cccc(NS(C)(=O)=O)c3)N(O)C=O)cc2)cc1. The number of sulfonamides is 1. The molecule has 168 valence electrons. The Hall–Kier alpha value is -3.36. The maximum atomic E-state index is 11.5. The number of rotatable bonds is 10. The van der Waals surface area contributed by atoms with Crippen molar-refractivity contribution < 1.29 is 23.2 Å². The monoisotopic (exact) mass is 454 g/mol. The molecule has 3 aromatic carbocycles. The van der Waals surface area contributed by atoms with Crippen LogP contribution in [0.4, 0.5) is 5.69 Å². The molecule has 8 heteroatoms. The third-order valence-electron chi connectivity index (χ3n) is 4.87. The summed E-state index contributed by atoms with van der Waals surface area (Å²) in [6, 6.07) is 21.9. The van der Waals surface area contributed by atoms with Gasteiger partial charge in [-0.3, -0.25) is 14.7 Å². The van der Waals surface area contributed by atoms with E-state index in [0.717, 1.165) is 22.9 Å². The summed E-state index contributed by atoms with van der Waals surface area (Å²) in [7, 11) is -3.41. The zero-order valence-electron chi connectivity index (χ0n) is 17.9. The van der Waals surface area contributed by atoms with Crippen LogP contribution in [0.1, 0.15) is 11.1 Å². The summed E-state index contributed by atoms with van der Waals surface area (Å²) in [6.45, 7) is 2.10. The van der Waals surface area contributed by atoms with Crippen molar-refractivity contribution in [3.8, 4) is 16.9 Å². The molecule has 0 heterocycles. The van der Waals surface area contributed by atoms with Crippen molar-refractivity contribution in [3.05, 3.63) is 83.9 Å². The Balaban J connectivity index is 1.67. The number of nitrogens with zero attached hydrogens (tertiary/aromatic N) is 1. The third-order valence-corrected chi connectivity index (χ3v) is 5.47. The molecule has 2 N–H and O–H groups in total. The first kappa shape index (κ1) is 23.3. The van der Waals surface area contributed by atoms with E-state index in [4.69, 9.17) is 4.74 Å². The van der Waals surface area contributed by atoms with Gasteiger partial charge in [-0.15, -0.1) is 0 Å². The molecule has 0 radical (unpaired) electrons. The molecule has 0 saturated heterocycles. The van der Waals surface area contributed by atoms with Crippen LogP contribution in [0.3, 0.4) is 0 Å². The summed E-state index contributed by atoms with van der Waals surface area (Å²) in [5, 5.41) is 10.6. The number of ether oxygens (including phenoxy) is 1. The summed E-state index contributed by atoms with van der Waals surface area (Å²) in [6.07, 6.45) is 1.67. The molecule has 0 aliphatic rings. The molecule has 3 rings (SSSR count). The Morgan fingerprint density at radius 1 is 1.03 bits per heavy atom. The number of aryl methyl sites for hydroxylation is 1. The van der Waals surface area contributed by atoms with Gasteiger partial charge in [0.1, 0.15) is 12.4 Å². The standard InChI is InChI=1S/C24H26N2O5S/c1-18-6-8-20(9-7-18)21-10-12-24(13-11-21)31-16-23(26(28)17-27)15-19-4-3-5-22(14-19)25-32(2,29)30/h3-14,17,23,25,28H,15-16H2,1-2H3. The predicted octanol–water partition coefficient (Wildman–Crippen LogP) is 3.87. The Labute approximate surface area is 188 Å². The van der Waals surface area contributed by atoms with Gasteiger partial charge in [0.2, 0.25) is 16.4 Å². The first-order valence-electron chi connectivity index (χ1n) is 10.0. The van der Waals surface area contributed by atoms with Crippen LogP contribution in [0, 0.1) is 6.92 Å². The van der Waals surface area contributed by atoms with Crippen molar-refractivity contribution in [2.45, 2.75) is 19.4 Å². The molecule has 1 atom stereocenters. The third kappa shape index (κ3) is 6.83. The molecular weight excluding hydrogens is 428 g/mol. The summed E-state index contributed by atoms with van der Waals surface area (Å²) in [4.78, 5) is 11.2. The number of hydroxylamine groups is 2. The number of benzene rings is 3. The number of carbonyl (C=O) groups is 1. The lowest BCUT2D eigenvalue weighted by molar-refractivity contribution is -0.162. The van der Waals surface area contributed by atoms with Crippen molar-refractivity contribution in [2.75, 3.05) is 17.6 Å². The molecule has 0 spiro atoms. The van der Waals surface area contributed by atoms with E-state index in [-0.39, 0.29) is 13.0 Å². The molecule has 1 amide bonds. The second-order valence-corrected chi connectivity index (χ2v) is 9.37. The van der Waals surface area contributed by atoms with E-state index in [2.05, 4.69) is 29.0 Å². The smallest absolute Gasteiger partial charge is 0.233 e. The van der Waals surface area contributed by atoms with E-state index < -0.39 is 16.1 Å². The molecule has 0 saturated carbocycles. The van der Waals surface area contributed by atoms with Crippen molar-refractivity contribution >= 4 is 22.1 Å². The highest BCUT2D eigenvalue weighted by atomic mass is 32.2. The lowest BCUT2D eigenvalue weighted by Crippen LogP contribution is -2.38. The van der Waals surface area contributed by atoms with Gasteiger partial charge in [0.15, 0.2) is 0 Å². The minimum atomic E-state index is -3.41. The second-order valence-electron chi connectivity index (χ2n) is 7.62. The van der Waals surface area contributed by atoms with Crippen molar-refractivity contribution in [3.63, 3.8) is 0 Å². The number of anilines is 1. The fourth-order valence-corrected chi connectivity index (χ4v) is 3.80. The number of hydrogen-bond acceptors (Lipinski definition) is 5. The van der Waals surface area contributed by atoms with Gasteiger partial charge in [0, 0.05) is 5.69 Å². The summed E-state index contributed by atoms with van der Waals surface area (Å²) in [5.74, 6) is 0.609. The number of carbonyl (C=O) groups excluding carboxylic acids is 1. The first-order chi connectivity index (χ1) is 15.2. The molecule has 1 unspecified atom stereocenters. The molecule has 0 aliphatic carbocycles. The van der Waals surface area contributed by atoms with Crippen molar-refractivity contribution in [2.24, 2.45) is 0 Å². The van der Waals surface area contributed by atoms with Gasteiger partial charge in [-0.25, -0.2) is 13.5 Å². The summed E-state index contributed by atoms with van der Waals surface area (Å²) < 4.78 is 31.1. The van der Waals surface area contributed by atoms with Crippen LogP contribution >= 0.6 is 0 Å². The largest absolute Gasteiger partial charge is 0.491 e. The average Bonchev–Trinajstić information content (AvgIpc) is 2.76. The Bertz CT molecular complexity index is 1150. The first-order valence-corrected chi connectivity index (χ1v) is 11.9. The lowest BCUT2D eigenvalue weighted by Gasteiger charge is -2.23. The van der Waals surface area contributed by atoms with Gasteiger partial charge >= 0.3 is 0 Å². The van der Waals surface area contributed by atoms with E-state index >= 15 is 0 Å². The zero-order chi connectivity index (χ0) is 23.1. The molecular formula is C24H26N2O5S. The van der Waals surface area contributed by atoms with Crippen LogP contribution < -0.4 is 9.46 Å². The predicted molar refractivity (Wildman–Crippen MR) is 124 cm³/mol. The molecule has 0 bridgehead atoms. The zero-order valence-corrected chi connectivity index (χ0v) is 18.7. The highest BCUT2D eigenvalue weighted by Gasteiger charge is 2.18. The van der Waals surface area contributed by atoms with E-state index in [1.165, 1.54) is 5.56 Å². The van der Waals surface area contributed by atoms with Crippen molar-refractivity contribution in [1.29, 1.82) is 0 Å². The van der Waals surface area contributed by atoms with Gasteiger partial charge in [-0.05, 0) is 54.3 Å². The molecule has 0 aromatic heterocycles. The lowest BCUT2D eigenvalue weighted by atomic mass is 10.0. The highest BCUT2D eigenvalue weighted by Crippen LogP contribution is 2.23. The van der Waals surface area contributed by atoms with Gasteiger partial charge < -0.3 is 4.74 Å². The summed E-state index contributed by atoms with van der Waals surface area (Å²) in [5.41, 5.74) is 4.50. The van der Waals surface area contributed by atoms with Crippen LogP contribution in [-0.4, -0.2) is 44.0 Å². The number of amides is 1. The fourth-order valence-electron chi connectivity index (χ4n) is 3.24. The van der Waals surface area contributed by atoms with E-state index in [1.807, 2.05) is 31.2 Å². The minimum absolute atomic E-state index is 0.0584. The molecule has 0 aliphatic heterocycles. The Morgan fingerprint density at radius 3 is 2.25 bits per heavy atom. The second kappa shape index (κ2) is 10.3. The van der Waals surface area contributed by atoms with Crippen LogP contribution in [0.2, 0.25) is 0 Å². The van der Waals surface area contributed by atoms with Crippen LogP contribution in [0.25, 0.3) is 11.1 Å². The maximum Gasteiger partial charge on any atom is 0.233 e. The van der Waals surface area contributed by atoms with E-state index in [0.29, 0.717) is 22.9 Å². The normalized spacial score (nSPS) is 12.1. The van der Waals surface area contributed by atoms with Gasteiger partial charge in [-0.1, -0.05) is 54.1 Å².